The quantitative estimate of drug-likeness (QED) is 0.845. The number of benzene rings is 1. The van der Waals surface area contributed by atoms with Crippen molar-refractivity contribution in [3.8, 4) is 0 Å². The first-order chi connectivity index (χ1) is 8.24. The van der Waals surface area contributed by atoms with Gasteiger partial charge in [-0.15, -0.1) is 0 Å². The van der Waals surface area contributed by atoms with Gasteiger partial charge in [-0.1, -0.05) is 45.9 Å². The zero-order valence-corrected chi connectivity index (χ0v) is 12.1. The van der Waals surface area contributed by atoms with Crippen molar-refractivity contribution in [3.05, 3.63) is 34.9 Å². The van der Waals surface area contributed by atoms with Crippen LogP contribution < -0.4 is 0 Å². The Morgan fingerprint density at radius 3 is 2.44 bits per heavy atom. The maximum absolute atomic E-state index is 10.7. The van der Waals surface area contributed by atoms with E-state index in [0.29, 0.717) is 12.3 Å². The average Bonchev–Trinajstić information content (AvgIpc) is 2.26. The summed E-state index contributed by atoms with van der Waals surface area (Å²) in [4.78, 5) is 10.7. The van der Waals surface area contributed by atoms with Gasteiger partial charge in [-0.3, -0.25) is 4.79 Å². The van der Waals surface area contributed by atoms with Gasteiger partial charge in [0, 0.05) is 6.42 Å². The topological polar surface area (TPSA) is 37.3 Å². The molecule has 0 fully saturated rings. The second-order valence-corrected chi connectivity index (χ2v) is 6.01. The number of hydrogen-bond donors (Lipinski definition) is 1. The summed E-state index contributed by atoms with van der Waals surface area (Å²) in [7, 11) is 0. The van der Waals surface area contributed by atoms with E-state index in [1.807, 2.05) is 0 Å². The predicted octanol–water partition coefficient (Wildman–Crippen LogP) is 4.26. The minimum absolute atomic E-state index is 0.0899. The molecule has 0 unspecified atom stereocenters. The summed E-state index contributed by atoms with van der Waals surface area (Å²) in [5.41, 5.74) is 3.75. The van der Waals surface area contributed by atoms with Crippen LogP contribution in [0.25, 0.3) is 0 Å². The largest absolute Gasteiger partial charge is 0.481 e. The first-order valence-electron chi connectivity index (χ1n) is 6.57. The Bertz CT molecular complexity index is 431. The van der Waals surface area contributed by atoms with Gasteiger partial charge in [-0.2, -0.15) is 0 Å². The SMILES string of the molecule is Cc1ccc(C(C)C)cc1C(C)(C)CCC(=O)O. The van der Waals surface area contributed by atoms with Gasteiger partial charge in [0.2, 0.25) is 0 Å². The highest BCUT2D eigenvalue weighted by atomic mass is 16.4. The molecule has 0 spiro atoms. The van der Waals surface area contributed by atoms with Gasteiger partial charge in [0.1, 0.15) is 0 Å². The van der Waals surface area contributed by atoms with Gasteiger partial charge in [-0.05, 0) is 41.4 Å². The fraction of sp³-hybridized carbons (Fsp3) is 0.562. The van der Waals surface area contributed by atoms with Gasteiger partial charge < -0.3 is 5.11 Å². The van der Waals surface area contributed by atoms with Gasteiger partial charge in [0.05, 0.1) is 0 Å². The number of carboxylic acids is 1. The van der Waals surface area contributed by atoms with Crippen molar-refractivity contribution in [2.24, 2.45) is 0 Å². The standard InChI is InChI=1S/C16H24O2/c1-11(2)13-7-6-12(3)14(10-13)16(4,5)9-8-15(17)18/h6-7,10-11H,8-9H2,1-5H3,(H,17,18). The van der Waals surface area contributed by atoms with Crippen LogP contribution in [0.2, 0.25) is 0 Å². The molecule has 0 saturated heterocycles. The van der Waals surface area contributed by atoms with Crippen molar-refractivity contribution in [1.82, 2.24) is 0 Å². The van der Waals surface area contributed by atoms with E-state index in [-0.39, 0.29) is 11.8 Å². The number of carbonyl (C=O) groups is 1. The van der Waals surface area contributed by atoms with Crippen molar-refractivity contribution in [2.75, 3.05) is 0 Å². The Morgan fingerprint density at radius 2 is 1.94 bits per heavy atom. The summed E-state index contributed by atoms with van der Waals surface area (Å²) in [5.74, 6) is -0.222. The van der Waals surface area contributed by atoms with Gasteiger partial charge >= 0.3 is 5.97 Å². The summed E-state index contributed by atoms with van der Waals surface area (Å²) >= 11 is 0. The molecule has 2 heteroatoms. The van der Waals surface area contributed by atoms with Crippen molar-refractivity contribution < 1.29 is 9.90 Å². The third kappa shape index (κ3) is 3.59. The first-order valence-corrected chi connectivity index (χ1v) is 6.57. The van der Waals surface area contributed by atoms with Crippen LogP contribution in [0.1, 0.15) is 63.1 Å². The number of carboxylic acid groups (broad SMARTS) is 1. The van der Waals surface area contributed by atoms with Crippen LogP contribution >= 0.6 is 0 Å². The lowest BCUT2D eigenvalue weighted by atomic mass is 9.77. The third-order valence-electron chi connectivity index (χ3n) is 3.62. The lowest BCUT2D eigenvalue weighted by Crippen LogP contribution is -2.20. The molecular formula is C16H24O2. The zero-order chi connectivity index (χ0) is 13.9. The van der Waals surface area contributed by atoms with Gasteiger partial charge in [0.15, 0.2) is 0 Å². The minimum Gasteiger partial charge on any atom is -0.481 e. The molecule has 0 saturated carbocycles. The van der Waals surface area contributed by atoms with Crippen molar-refractivity contribution >= 4 is 5.97 Å². The fourth-order valence-electron chi connectivity index (χ4n) is 2.28. The van der Waals surface area contributed by atoms with E-state index in [0.717, 1.165) is 0 Å². The second kappa shape index (κ2) is 5.55. The Balaban J connectivity index is 3.05. The van der Waals surface area contributed by atoms with Crippen molar-refractivity contribution in [1.29, 1.82) is 0 Å². The average molecular weight is 248 g/mol. The molecule has 1 aromatic rings. The van der Waals surface area contributed by atoms with E-state index in [1.165, 1.54) is 16.7 Å². The van der Waals surface area contributed by atoms with E-state index in [9.17, 15) is 4.79 Å². The van der Waals surface area contributed by atoms with E-state index >= 15 is 0 Å². The molecule has 0 aliphatic carbocycles. The molecule has 1 N–H and O–H groups in total. The van der Waals surface area contributed by atoms with E-state index in [4.69, 9.17) is 5.11 Å². The maximum Gasteiger partial charge on any atom is 0.303 e. The Hall–Kier alpha value is -1.31. The van der Waals surface area contributed by atoms with Crippen LogP contribution in [0.4, 0.5) is 0 Å². The fourth-order valence-corrected chi connectivity index (χ4v) is 2.28. The third-order valence-corrected chi connectivity index (χ3v) is 3.62. The van der Waals surface area contributed by atoms with Gasteiger partial charge in [-0.25, -0.2) is 0 Å². The van der Waals surface area contributed by atoms with Crippen LogP contribution in [0.5, 0.6) is 0 Å². The summed E-state index contributed by atoms with van der Waals surface area (Å²) in [6.45, 7) is 10.7. The summed E-state index contributed by atoms with van der Waals surface area (Å²) < 4.78 is 0. The van der Waals surface area contributed by atoms with Crippen LogP contribution in [-0.2, 0) is 10.2 Å². The van der Waals surface area contributed by atoms with Crippen LogP contribution in [-0.4, -0.2) is 11.1 Å². The Labute approximate surface area is 110 Å². The smallest absolute Gasteiger partial charge is 0.303 e. The monoisotopic (exact) mass is 248 g/mol. The molecule has 0 aliphatic heterocycles. The normalized spacial score (nSPS) is 11.9. The molecule has 1 rings (SSSR count). The van der Waals surface area contributed by atoms with Crippen LogP contribution in [0.3, 0.4) is 0 Å². The molecule has 0 aliphatic rings. The van der Waals surface area contributed by atoms with E-state index < -0.39 is 5.97 Å². The molecule has 2 nitrogen and oxygen atoms in total. The Kier molecular flexibility index (Phi) is 4.55. The highest BCUT2D eigenvalue weighted by Crippen LogP contribution is 2.33. The van der Waals surface area contributed by atoms with Gasteiger partial charge in [0.25, 0.3) is 0 Å². The molecule has 0 atom stereocenters. The second-order valence-electron chi connectivity index (χ2n) is 6.01. The maximum atomic E-state index is 10.7. The lowest BCUT2D eigenvalue weighted by molar-refractivity contribution is -0.137. The van der Waals surface area contributed by atoms with E-state index in [1.54, 1.807) is 0 Å². The molecule has 100 valence electrons. The number of aryl methyl sites for hydroxylation is 1. The number of hydrogen-bond acceptors (Lipinski definition) is 1. The predicted molar refractivity (Wildman–Crippen MR) is 75.2 cm³/mol. The van der Waals surface area contributed by atoms with E-state index in [2.05, 4.69) is 52.8 Å². The number of rotatable bonds is 5. The van der Waals surface area contributed by atoms with Crippen molar-refractivity contribution in [2.45, 2.75) is 58.8 Å². The highest BCUT2D eigenvalue weighted by molar-refractivity contribution is 5.66. The summed E-state index contributed by atoms with van der Waals surface area (Å²) in [5, 5.41) is 8.84. The number of aliphatic carboxylic acids is 1. The molecule has 0 heterocycles. The summed E-state index contributed by atoms with van der Waals surface area (Å²) in [6.07, 6.45) is 0.892. The molecule has 1 aromatic carbocycles. The van der Waals surface area contributed by atoms with Crippen LogP contribution in [0.15, 0.2) is 18.2 Å². The molecule has 0 bridgehead atoms. The first kappa shape index (κ1) is 14.7. The molecule has 0 aromatic heterocycles. The molecule has 18 heavy (non-hydrogen) atoms. The zero-order valence-electron chi connectivity index (χ0n) is 12.1. The molecular weight excluding hydrogens is 224 g/mol. The Morgan fingerprint density at radius 1 is 1.33 bits per heavy atom. The highest BCUT2D eigenvalue weighted by Gasteiger charge is 2.24. The van der Waals surface area contributed by atoms with Crippen LogP contribution in [0, 0.1) is 6.92 Å². The summed E-state index contributed by atoms with van der Waals surface area (Å²) in [6, 6.07) is 6.55. The molecule has 0 radical (unpaired) electrons. The minimum atomic E-state index is -0.722. The van der Waals surface area contributed by atoms with Crippen molar-refractivity contribution in [3.63, 3.8) is 0 Å². The lowest BCUT2D eigenvalue weighted by Gasteiger charge is -2.27. The molecule has 0 amide bonds.